The Hall–Kier alpha value is -0.120. The van der Waals surface area contributed by atoms with Crippen LogP contribution in [0.25, 0.3) is 0 Å². The van der Waals surface area contributed by atoms with Gasteiger partial charge in [0.05, 0.1) is 0 Å². The van der Waals surface area contributed by atoms with E-state index in [1.165, 1.54) is 57.9 Å². The predicted molar refractivity (Wildman–Crippen MR) is 75.6 cm³/mol. The maximum absolute atomic E-state index is 6.12. The van der Waals surface area contributed by atoms with Crippen LogP contribution in [0.3, 0.4) is 0 Å². The third kappa shape index (κ3) is 2.33. The predicted octanol–water partition coefficient (Wildman–Crippen LogP) is 1.72. The Morgan fingerprint density at radius 1 is 1.17 bits per heavy atom. The van der Waals surface area contributed by atoms with Crippen LogP contribution in [0.5, 0.6) is 0 Å². The van der Waals surface area contributed by atoms with Crippen molar-refractivity contribution in [1.82, 2.24) is 10.2 Å². The molecule has 3 rings (SSSR count). The van der Waals surface area contributed by atoms with Crippen LogP contribution in [0.15, 0.2) is 0 Å². The SMILES string of the molecule is CN1C2CCC1CC(CN)(NCCC1CCC1)C2. The second kappa shape index (κ2) is 5.10. The van der Waals surface area contributed by atoms with E-state index in [0.29, 0.717) is 0 Å². The van der Waals surface area contributed by atoms with Gasteiger partial charge in [0.2, 0.25) is 0 Å². The number of hydrogen-bond donors (Lipinski definition) is 2. The fraction of sp³-hybridized carbons (Fsp3) is 1.00. The van der Waals surface area contributed by atoms with E-state index in [1.54, 1.807) is 0 Å². The summed E-state index contributed by atoms with van der Waals surface area (Å²) < 4.78 is 0. The first kappa shape index (κ1) is 12.9. The highest BCUT2D eigenvalue weighted by atomic mass is 15.2. The van der Waals surface area contributed by atoms with Crippen molar-refractivity contribution in [3.8, 4) is 0 Å². The molecule has 2 atom stereocenters. The summed E-state index contributed by atoms with van der Waals surface area (Å²) in [6, 6.07) is 1.56. The minimum atomic E-state index is 0.252. The summed E-state index contributed by atoms with van der Waals surface area (Å²) >= 11 is 0. The molecule has 2 heterocycles. The lowest BCUT2D eigenvalue weighted by molar-refractivity contribution is 0.0924. The Kier molecular flexibility index (Phi) is 3.65. The zero-order valence-electron chi connectivity index (χ0n) is 11.8. The summed E-state index contributed by atoms with van der Waals surface area (Å²) in [6.45, 7) is 2.00. The lowest BCUT2D eigenvalue weighted by Crippen LogP contribution is -2.60. The average molecular weight is 251 g/mol. The number of rotatable bonds is 5. The largest absolute Gasteiger partial charge is 0.329 e. The summed E-state index contributed by atoms with van der Waals surface area (Å²) in [6.07, 6.45) is 11.0. The van der Waals surface area contributed by atoms with Gasteiger partial charge in [0.1, 0.15) is 0 Å². The third-order valence-corrected chi connectivity index (χ3v) is 5.91. The molecular weight excluding hydrogens is 222 g/mol. The van der Waals surface area contributed by atoms with Crippen LogP contribution >= 0.6 is 0 Å². The molecule has 1 saturated carbocycles. The van der Waals surface area contributed by atoms with Crippen molar-refractivity contribution in [2.45, 2.75) is 69.0 Å². The molecular formula is C15H29N3. The second-order valence-electron chi connectivity index (χ2n) is 6.96. The maximum atomic E-state index is 6.12. The van der Waals surface area contributed by atoms with Crippen LogP contribution in [-0.2, 0) is 0 Å². The summed E-state index contributed by atoms with van der Waals surface area (Å²) in [7, 11) is 2.30. The highest BCUT2D eigenvalue weighted by Gasteiger charge is 2.45. The Morgan fingerprint density at radius 2 is 1.83 bits per heavy atom. The quantitative estimate of drug-likeness (QED) is 0.782. The van der Waals surface area contributed by atoms with Crippen LogP contribution < -0.4 is 11.1 Å². The fourth-order valence-electron chi connectivity index (χ4n) is 4.27. The molecule has 2 unspecified atom stereocenters. The van der Waals surface area contributed by atoms with Gasteiger partial charge in [-0.15, -0.1) is 0 Å². The molecule has 2 aliphatic heterocycles. The van der Waals surface area contributed by atoms with E-state index in [9.17, 15) is 0 Å². The van der Waals surface area contributed by atoms with E-state index in [-0.39, 0.29) is 5.54 Å². The fourth-order valence-corrected chi connectivity index (χ4v) is 4.27. The average Bonchev–Trinajstić information content (AvgIpc) is 2.56. The lowest BCUT2D eigenvalue weighted by Gasteiger charge is -2.46. The number of nitrogens with two attached hydrogens (primary N) is 1. The molecule has 2 saturated heterocycles. The molecule has 0 radical (unpaired) electrons. The van der Waals surface area contributed by atoms with Crippen molar-refractivity contribution in [2.75, 3.05) is 20.1 Å². The lowest BCUT2D eigenvalue weighted by atomic mass is 9.81. The topological polar surface area (TPSA) is 41.3 Å². The summed E-state index contributed by atoms with van der Waals surface area (Å²) in [4.78, 5) is 2.60. The Morgan fingerprint density at radius 3 is 2.33 bits per heavy atom. The van der Waals surface area contributed by atoms with E-state index < -0.39 is 0 Å². The van der Waals surface area contributed by atoms with Gasteiger partial charge in [-0.25, -0.2) is 0 Å². The van der Waals surface area contributed by atoms with Gasteiger partial charge in [0.15, 0.2) is 0 Å². The summed E-state index contributed by atoms with van der Waals surface area (Å²) in [5, 5.41) is 3.85. The van der Waals surface area contributed by atoms with E-state index in [1.807, 2.05) is 0 Å². The van der Waals surface area contributed by atoms with Crippen molar-refractivity contribution in [3.63, 3.8) is 0 Å². The second-order valence-corrected chi connectivity index (χ2v) is 6.96. The van der Waals surface area contributed by atoms with Gasteiger partial charge in [-0.3, -0.25) is 0 Å². The smallest absolute Gasteiger partial charge is 0.0333 e. The van der Waals surface area contributed by atoms with Crippen molar-refractivity contribution in [3.05, 3.63) is 0 Å². The van der Waals surface area contributed by atoms with Gasteiger partial charge in [0.25, 0.3) is 0 Å². The van der Waals surface area contributed by atoms with Crippen molar-refractivity contribution >= 4 is 0 Å². The minimum Gasteiger partial charge on any atom is -0.329 e. The van der Waals surface area contributed by atoms with Gasteiger partial charge in [0, 0.05) is 24.2 Å². The molecule has 0 amide bonds. The van der Waals surface area contributed by atoms with E-state index >= 15 is 0 Å². The summed E-state index contributed by atoms with van der Waals surface area (Å²) in [5.41, 5.74) is 6.37. The first-order valence-electron chi connectivity index (χ1n) is 7.89. The van der Waals surface area contributed by atoms with Gasteiger partial charge in [-0.2, -0.15) is 0 Å². The van der Waals surface area contributed by atoms with E-state index in [2.05, 4.69) is 17.3 Å². The Bertz CT molecular complexity index is 273. The maximum Gasteiger partial charge on any atom is 0.0333 e. The Labute approximate surface area is 111 Å². The molecule has 0 spiro atoms. The molecule has 3 N–H and O–H groups in total. The molecule has 18 heavy (non-hydrogen) atoms. The summed E-state index contributed by atoms with van der Waals surface area (Å²) in [5.74, 6) is 1.01. The Balaban J connectivity index is 1.53. The van der Waals surface area contributed by atoms with Crippen LogP contribution in [0, 0.1) is 5.92 Å². The third-order valence-electron chi connectivity index (χ3n) is 5.91. The monoisotopic (exact) mass is 251 g/mol. The molecule has 3 aliphatic rings. The molecule has 0 aromatic carbocycles. The zero-order valence-corrected chi connectivity index (χ0v) is 11.8. The number of fused-ring (bicyclic) bond motifs is 2. The molecule has 104 valence electrons. The molecule has 1 aliphatic carbocycles. The minimum absolute atomic E-state index is 0.252. The first-order valence-corrected chi connectivity index (χ1v) is 7.89. The number of nitrogens with zero attached hydrogens (tertiary/aromatic N) is 1. The van der Waals surface area contributed by atoms with Gasteiger partial charge >= 0.3 is 0 Å². The molecule has 0 aromatic heterocycles. The van der Waals surface area contributed by atoms with Crippen LogP contribution in [0.2, 0.25) is 0 Å². The molecule has 3 heteroatoms. The van der Waals surface area contributed by atoms with Crippen LogP contribution in [0.1, 0.15) is 51.4 Å². The standard InChI is InChI=1S/C15H29N3/c1-18-13-5-6-14(18)10-15(9-13,11-16)17-8-7-12-3-2-4-12/h12-14,17H,2-11,16H2,1H3. The highest BCUT2D eigenvalue weighted by Crippen LogP contribution is 2.39. The van der Waals surface area contributed by atoms with Gasteiger partial charge in [-0.05, 0) is 51.6 Å². The molecule has 3 nitrogen and oxygen atoms in total. The highest BCUT2D eigenvalue weighted by molar-refractivity contribution is 5.05. The number of hydrogen-bond acceptors (Lipinski definition) is 3. The first-order chi connectivity index (χ1) is 8.72. The number of nitrogens with one attached hydrogen (secondary N) is 1. The van der Waals surface area contributed by atoms with Crippen molar-refractivity contribution in [1.29, 1.82) is 0 Å². The molecule has 3 fully saturated rings. The van der Waals surface area contributed by atoms with Crippen LogP contribution in [0.4, 0.5) is 0 Å². The van der Waals surface area contributed by atoms with Crippen molar-refractivity contribution in [2.24, 2.45) is 11.7 Å². The van der Waals surface area contributed by atoms with Crippen molar-refractivity contribution < 1.29 is 0 Å². The number of piperidine rings is 1. The molecule has 0 aromatic rings. The zero-order chi connectivity index (χ0) is 12.6. The molecule has 2 bridgehead atoms. The van der Waals surface area contributed by atoms with E-state index in [4.69, 9.17) is 5.73 Å². The van der Waals surface area contributed by atoms with Gasteiger partial charge in [-0.1, -0.05) is 19.3 Å². The van der Waals surface area contributed by atoms with E-state index in [0.717, 1.165) is 24.5 Å². The van der Waals surface area contributed by atoms with Gasteiger partial charge < -0.3 is 16.0 Å². The van der Waals surface area contributed by atoms with Crippen LogP contribution in [-0.4, -0.2) is 42.7 Å². The normalized spacial score (nSPS) is 41.0.